The zero-order valence-electron chi connectivity index (χ0n) is 20.2. The van der Waals surface area contributed by atoms with Gasteiger partial charge < -0.3 is 24.6 Å². The summed E-state index contributed by atoms with van der Waals surface area (Å²) in [7, 11) is 0. The first-order valence-corrected chi connectivity index (χ1v) is 11.5. The van der Waals surface area contributed by atoms with Gasteiger partial charge in [-0.3, -0.25) is 4.79 Å². The molecule has 0 bridgehead atoms. The zero-order valence-corrected chi connectivity index (χ0v) is 20.2. The summed E-state index contributed by atoms with van der Waals surface area (Å²) in [6, 6.07) is 3.48. The smallest absolute Gasteiger partial charge is 0.407 e. The van der Waals surface area contributed by atoms with Crippen LogP contribution in [0.25, 0.3) is 0 Å². The first kappa shape index (κ1) is 24.5. The van der Waals surface area contributed by atoms with E-state index in [9.17, 15) is 14.7 Å². The van der Waals surface area contributed by atoms with Crippen molar-refractivity contribution < 1.29 is 19.1 Å². The van der Waals surface area contributed by atoms with Crippen LogP contribution in [0.15, 0.2) is 29.0 Å². The van der Waals surface area contributed by atoms with Crippen LogP contribution in [-0.4, -0.2) is 62.6 Å². The fourth-order valence-corrected chi connectivity index (χ4v) is 3.95. The van der Waals surface area contributed by atoms with Gasteiger partial charge >= 0.3 is 6.09 Å². The predicted molar refractivity (Wildman–Crippen MR) is 125 cm³/mol. The molecule has 0 aliphatic carbocycles. The topological polar surface area (TPSA) is 112 Å². The largest absolute Gasteiger partial charge is 0.467 e. The number of aromatic nitrogens is 2. The SMILES string of the molecule is CC(C)CN(C(=O)c1cnc(C(C)(C)C)nc1NCc1ccco1)[C@@H]1CCCN(C(=O)O)C1. The molecule has 1 saturated heterocycles. The molecule has 0 unspecified atom stereocenters. The lowest BCUT2D eigenvalue weighted by Gasteiger charge is -2.39. The molecule has 2 aromatic heterocycles. The monoisotopic (exact) mass is 457 g/mol. The molecular formula is C24H35N5O4. The molecule has 2 amide bonds. The van der Waals surface area contributed by atoms with Crippen LogP contribution in [0.5, 0.6) is 0 Å². The van der Waals surface area contributed by atoms with Gasteiger partial charge in [-0.2, -0.15) is 0 Å². The summed E-state index contributed by atoms with van der Waals surface area (Å²) in [5.74, 6) is 1.85. The van der Waals surface area contributed by atoms with Gasteiger partial charge in [0.15, 0.2) is 0 Å². The summed E-state index contributed by atoms with van der Waals surface area (Å²) in [6.45, 7) is 11.9. The molecule has 1 fully saturated rings. The quantitative estimate of drug-likeness (QED) is 0.640. The average molecular weight is 458 g/mol. The third kappa shape index (κ3) is 6.24. The van der Waals surface area contributed by atoms with E-state index in [2.05, 4.69) is 10.3 Å². The van der Waals surface area contributed by atoms with Crippen LogP contribution >= 0.6 is 0 Å². The Bertz CT molecular complexity index is 952. The van der Waals surface area contributed by atoms with Crippen LogP contribution in [0.1, 0.15) is 69.4 Å². The van der Waals surface area contributed by atoms with Crippen LogP contribution in [-0.2, 0) is 12.0 Å². The molecule has 3 heterocycles. The number of carbonyl (C=O) groups excluding carboxylic acids is 1. The molecule has 2 N–H and O–H groups in total. The predicted octanol–water partition coefficient (Wildman–Crippen LogP) is 4.22. The molecule has 9 nitrogen and oxygen atoms in total. The molecule has 180 valence electrons. The molecule has 9 heteroatoms. The Hall–Kier alpha value is -3.10. The van der Waals surface area contributed by atoms with Crippen LogP contribution in [0.4, 0.5) is 10.6 Å². The number of rotatable bonds is 7. The molecule has 2 aromatic rings. The van der Waals surface area contributed by atoms with Crippen molar-refractivity contribution in [1.29, 1.82) is 0 Å². The number of anilines is 1. The number of carboxylic acid groups (broad SMARTS) is 1. The lowest BCUT2D eigenvalue weighted by Crippen LogP contribution is -2.52. The van der Waals surface area contributed by atoms with E-state index in [-0.39, 0.29) is 23.3 Å². The van der Waals surface area contributed by atoms with Crippen LogP contribution in [0.2, 0.25) is 0 Å². The van der Waals surface area contributed by atoms with Gasteiger partial charge in [0, 0.05) is 37.3 Å². The highest BCUT2D eigenvalue weighted by Gasteiger charge is 2.33. The third-order valence-corrected chi connectivity index (χ3v) is 5.63. The maximum absolute atomic E-state index is 13.8. The van der Waals surface area contributed by atoms with E-state index < -0.39 is 6.09 Å². The number of hydrogen-bond donors (Lipinski definition) is 2. The molecule has 0 aromatic carbocycles. The summed E-state index contributed by atoms with van der Waals surface area (Å²) in [5.41, 5.74) is 0.0914. The van der Waals surface area contributed by atoms with Gasteiger partial charge in [0.2, 0.25) is 0 Å². The third-order valence-electron chi connectivity index (χ3n) is 5.63. The van der Waals surface area contributed by atoms with Crippen LogP contribution in [0.3, 0.4) is 0 Å². The summed E-state index contributed by atoms with van der Waals surface area (Å²) in [4.78, 5) is 37.8. The van der Waals surface area contributed by atoms with Crippen molar-refractivity contribution in [2.45, 2.75) is 65.5 Å². The van der Waals surface area contributed by atoms with Crippen molar-refractivity contribution in [3.05, 3.63) is 41.7 Å². The normalized spacial score (nSPS) is 16.7. The van der Waals surface area contributed by atoms with E-state index in [1.165, 1.54) is 4.90 Å². The number of piperidine rings is 1. The minimum Gasteiger partial charge on any atom is -0.467 e. The van der Waals surface area contributed by atoms with Crippen molar-refractivity contribution in [2.75, 3.05) is 25.0 Å². The number of nitrogens with one attached hydrogen (secondary N) is 1. The number of nitrogens with zero attached hydrogens (tertiary/aromatic N) is 4. The van der Waals surface area contributed by atoms with Crippen LogP contribution in [0, 0.1) is 5.92 Å². The van der Waals surface area contributed by atoms with E-state index in [0.717, 1.165) is 18.6 Å². The zero-order chi connectivity index (χ0) is 24.2. The standard InChI is InChI=1S/C24H35N5O4/c1-16(2)14-29(17-8-6-10-28(15-17)23(31)32)21(30)19-13-26-22(24(3,4)5)27-20(19)25-12-18-9-7-11-33-18/h7,9,11,13,16-17H,6,8,10,12,14-15H2,1-5H3,(H,31,32)(H,25,26,27)/t17-/m1/s1. The Morgan fingerprint density at radius 2 is 2.12 bits per heavy atom. The van der Waals surface area contributed by atoms with Crippen molar-refractivity contribution in [3.8, 4) is 0 Å². The fraction of sp³-hybridized carbons (Fsp3) is 0.583. The highest BCUT2D eigenvalue weighted by Crippen LogP contribution is 2.26. The number of furan rings is 1. The van der Waals surface area contributed by atoms with Crippen molar-refractivity contribution in [1.82, 2.24) is 19.8 Å². The Kier molecular flexibility index (Phi) is 7.61. The first-order valence-electron chi connectivity index (χ1n) is 11.5. The molecule has 0 saturated carbocycles. The Morgan fingerprint density at radius 3 is 2.73 bits per heavy atom. The molecule has 1 atom stereocenters. The fourth-order valence-electron chi connectivity index (χ4n) is 3.95. The van der Waals surface area contributed by atoms with Crippen molar-refractivity contribution >= 4 is 17.8 Å². The van der Waals surface area contributed by atoms with E-state index in [0.29, 0.717) is 43.4 Å². The minimum atomic E-state index is -0.949. The van der Waals surface area contributed by atoms with Gasteiger partial charge in [-0.05, 0) is 30.9 Å². The lowest BCUT2D eigenvalue weighted by atomic mass is 9.95. The maximum Gasteiger partial charge on any atom is 0.407 e. The molecule has 1 aliphatic heterocycles. The Labute approximate surface area is 195 Å². The minimum absolute atomic E-state index is 0.190. The highest BCUT2D eigenvalue weighted by molar-refractivity contribution is 5.98. The maximum atomic E-state index is 13.8. The summed E-state index contributed by atoms with van der Waals surface area (Å²) >= 11 is 0. The first-order chi connectivity index (χ1) is 15.6. The number of carbonyl (C=O) groups is 2. The van der Waals surface area contributed by atoms with Gasteiger partial charge in [0.25, 0.3) is 5.91 Å². The van der Waals surface area contributed by atoms with E-state index in [1.54, 1.807) is 17.4 Å². The second-order valence-electron chi connectivity index (χ2n) is 10.0. The van der Waals surface area contributed by atoms with Gasteiger partial charge in [-0.1, -0.05) is 34.6 Å². The Balaban J connectivity index is 1.94. The van der Waals surface area contributed by atoms with Crippen molar-refractivity contribution in [3.63, 3.8) is 0 Å². The molecule has 3 rings (SSSR count). The molecule has 1 aliphatic rings. The molecule has 0 spiro atoms. The molecular weight excluding hydrogens is 422 g/mol. The lowest BCUT2D eigenvalue weighted by molar-refractivity contribution is 0.0504. The highest BCUT2D eigenvalue weighted by atomic mass is 16.4. The summed E-state index contributed by atoms with van der Waals surface area (Å²) < 4.78 is 5.42. The summed E-state index contributed by atoms with van der Waals surface area (Å²) in [6.07, 6.45) is 3.73. The second-order valence-corrected chi connectivity index (χ2v) is 10.0. The van der Waals surface area contributed by atoms with Gasteiger partial charge in [0.1, 0.15) is 23.0 Å². The van der Waals surface area contributed by atoms with E-state index in [4.69, 9.17) is 9.40 Å². The van der Waals surface area contributed by atoms with Gasteiger partial charge in [0.05, 0.1) is 12.8 Å². The second kappa shape index (κ2) is 10.2. The number of amides is 2. The van der Waals surface area contributed by atoms with Crippen LogP contribution < -0.4 is 5.32 Å². The average Bonchev–Trinajstić information content (AvgIpc) is 3.28. The number of likely N-dealkylation sites (tertiary alicyclic amines) is 1. The van der Waals surface area contributed by atoms with Gasteiger partial charge in [-0.25, -0.2) is 14.8 Å². The number of hydrogen-bond acceptors (Lipinski definition) is 6. The summed E-state index contributed by atoms with van der Waals surface area (Å²) in [5, 5.41) is 12.7. The van der Waals surface area contributed by atoms with E-state index >= 15 is 0 Å². The van der Waals surface area contributed by atoms with Gasteiger partial charge in [-0.15, -0.1) is 0 Å². The molecule has 33 heavy (non-hydrogen) atoms. The Morgan fingerprint density at radius 1 is 1.36 bits per heavy atom. The van der Waals surface area contributed by atoms with Crippen molar-refractivity contribution in [2.24, 2.45) is 5.92 Å². The molecule has 0 radical (unpaired) electrons. The van der Waals surface area contributed by atoms with E-state index in [1.807, 2.05) is 46.8 Å².